The molecule has 41 heavy (non-hydrogen) atoms. The quantitative estimate of drug-likeness (QED) is 0.0528. The lowest BCUT2D eigenvalue weighted by atomic mass is 10.1. The molecule has 0 saturated carbocycles. The van der Waals surface area contributed by atoms with Gasteiger partial charge in [0.25, 0.3) is 0 Å². The molecule has 0 aromatic rings. The fourth-order valence-corrected chi connectivity index (χ4v) is 4.32. The minimum atomic E-state index is -0.567. The van der Waals surface area contributed by atoms with Gasteiger partial charge in [0.1, 0.15) is 6.10 Å². The average molecular weight is 573 g/mol. The minimum absolute atomic E-state index is 0.199. The molecule has 0 aromatic heterocycles. The van der Waals surface area contributed by atoms with Gasteiger partial charge in [-0.05, 0) is 70.6 Å². The number of unbranched alkanes of at least 4 members (excludes halogenated alkanes) is 12. The van der Waals surface area contributed by atoms with Crippen molar-refractivity contribution < 1.29 is 19.4 Å². The maximum Gasteiger partial charge on any atom is 0.306 e. The molecule has 0 heterocycles. The molecule has 0 spiro atoms. The standard InChI is InChI=1S/C37H64O4/c1-3-5-7-9-11-13-15-17-19-20-22-24-26-28-30-32-37(39)41-36(34-38)35-40-33-31-29-27-25-23-21-18-16-14-12-10-8-6-4-2/h6,8,12,14,17-19,21,25,27,36,38H,3-5,7,9-11,13,15-16,20,22-24,26,28-35H2,1-2H3/b8-6-,14-12-,19-17-,21-18-,27-25-. The number of carbonyl (C=O) groups is 1. The Morgan fingerprint density at radius 3 is 1.68 bits per heavy atom. The summed E-state index contributed by atoms with van der Waals surface area (Å²) in [6.07, 6.45) is 44.0. The first kappa shape index (κ1) is 39.1. The molecule has 0 aliphatic rings. The maximum atomic E-state index is 12.1. The predicted octanol–water partition coefficient (Wildman–Crippen LogP) is 10.5. The summed E-state index contributed by atoms with van der Waals surface area (Å²) in [5.41, 5.74) is 0. The van der Waals surface area contributed by atoms with Crippen LogP contribution in [0, 0.1) is 0 Å². The molecule has 4 heteroatoms. The number of allylic oxidation sites excluding steroid dienone is 10. The van der Waals surface area contributed by atoms with E-state index >= 15 is 0 Å². The Labute approximate surface area is 254 Å². The van der Waals surface area contributed by atoms with Gasteiger partial charge in [-0.2, -0.15) is 0 Å². The van der Waals surface area contributed by atoms with Crippen molar-refractivity contribution in [3.05, 3.63) is 60.8 Å². The monoisotopic (exact) mass is 572 g/mol. The van der Waals surface area contributed by atoms with Gasteiger partial charge in [0.2, 0.25) is 0 Å². The normalized spacial score (nSPS) is 13.1. The van der Waals surface area contributed by atoms with Crippen LogP contribution in [0.25, 0.3) is 0 Å². The molecule has 1 atom stereocenters. The fraction of sp³-hybridized carbons (Fsp3) is 0.703. The lowest BCUT2D eigenvalue weighted by Gasteiger charge is -2.15. The third kappa shape index (κ3) is 32.5. The second kappa shape index (κ2) is 34.3. The van der Waals surface area contributed by atoms with Crippen LogP contribution in [0.4, 0.5) is 0 Å². The third-order valence-corrected chi connectivity index (χ3v) is 6.83. The number of rotatable bonds is 30. The zero-order valence-corrected chi connectivity index (χ0v) is 26.8. The van der Waals surface area contributed by atoms with E-state index < -0.39 is 6.10 Å². The van der Waals surface area contributed by atoms with Gasteiger partial charge in [0.15, 0.2) is 0 Å². The van der Waals surface area contributed by atoms with E-state index in [1.165, 1.54) is 64.2 Å². The first-order valence-corrected chi connectivity index (χ1v) is 16.9. The van der Waals surface area contributed by atoms with Gasteiger partial charge in [-0.1, -0.05) is 126 Å². The van der Waals surface area contributed by atoms with Gasteiger partial charge >= 0.3 is 5.97 Å². The minimum Gasteiger partial charge on any atom is -0.457 e. The van der Waals surface area contributed by atoms with Crippen LogP contribution < -0.4 is 0 Å². The molecule has 0 aliphatic carbocycles. The van der Waals surface area contributed by atoms with E-state index in [1.807, 2.05) is 0 Å². The largest absolute Gasteiger partial charge is 0.457 e. The SMILES string of the molecule is CC/C=C\C/C=C\C/C=C\C/C=C\CCCOCC(CO)OC(=O)CCCCCCC/C=C\CCCCCCCC. The van der Waals surface area contributed by atoms with Crippen molar-refractivity contribution in [2.24, 2.45) is 0 Å². The van der Waals surface area contributed by atoms with Crippen LogP contribution in [-0.2, 0) is 14.3 Å². The summed E-state index contributed by atoms with van der Waals surface area (Å²) >= 11 is 0. The molecule has 0 bridgehead atoms. The van der Waals surface area contributed by atoms with E-state index in [0.29, 0.717) is 13.0 Å². The van der Waals surface area contributed by atoms with E-state index in [9.17, 15) is 9.90 Å². The van der Waals surface area contributed by atoms with Gasteiger partial charge in [-0.3, -0.25) is 4.79 Å². The Balaban J connectivity index is 3.58. The summed E-state index contributed by atoms with van der Waals surface area (Å²) in [5.74, 6) is -0.231. The van der Waals surface area contributed by atoms with Crippen molar-refractivity contribution in [1.82, 2.24) is 0 Å². The Kier molecular flexibility index (Phi) is 32.7. The second-order valence-corrected chi connectivity index (χ2v) is 10.8. The number of aliphatic hydroxyl groups excluding tert-OH is 1. The third-order valence-electron chi connectivity index (χ3n) is 6.83. The van der Waals surface area contributed by atoms with Crippen molar-refractivity contribution >= 4 is 5.97 Å². The van der Waals surface area contributed by atoms with E-state index in [1.54, 1.807) is 0 Å². The second-order valence-electron chi connectivity index (χ2n) is 10.8. The van der Waals surface area contributed by atoms with Gasteiger partial charge in [0, 0.05) is 13.0 Å². The molecule has 0 amide bonds. The Hall–Kier alpha value is -1.91. The summed E-state index contributed by atoms with van der Waals surface area (Å²) in [4.78, 5) is 12.1. The summed E-state index contributed by atoms with van der Waals surface area (Å²) in [6.45, 7) is 5.06. The van der Waals surface area contributed by atoms with Crippen LogP contribution in [0.5, 0.6) is 0 Å². The van der Waals surface area contributed by atoms with Crippen LogP contribution >= 0.6 is 0 Å². The van der Waals surface area contributed by atoms with Crippen LogP contribution in [0.1, 0.15) is 142 Å². The molecule has 0 fully saturated rings. The number of ether oxygens (including phenoxy) is 2. The zero-order valence-electron chi connectivity index (χ0n) is 26.8. The number of carbonyl (C=O) groups excluding carboxylic acids is 1. The van der Waals surface area contributed by atoms with Crippen molar-refractivity contribution in [3.8, 4) is 0 Å². The number of hydrogen-bond acceptors (Lipinski definition) is 4. The van der Waals surface area contributed by atoms with E-state index in [2.05, 4.69) is 74.6 Å². The molecule has 0 rings (SSSR count). The first-order chi connectivity index (χ1) is 20.2. The first-order valence-electron chi connectivity index (χ1n) is 16.9. The summed E-state index contributed by atoms with van der Waals surface area (Å²) in [7, 11) is 0. The topological polar surface area (TPSA) is 55.8 Å². The summed E-state index contributed by atoms with van der Waals surface area (Å²) in [6, 6.07) is 0. The number of aliphatic hydroxyl groups is 1. The van der Waals surface area contributed by atoms with Gasteiger partial charge in [-0.25, -0.2) is 0 Å². The van der Waals surface area contributed by atoms with Gasteiger partial charge in [0.05, 0.1) is 13.2 Å². The molecule has 1 N–H and O–H groups in total. The van der Waals surface area contributed by atoms with Crippen molar-refractivity contribution in [1.29, 1.82) is 0 Å². The summed E-state index contributed by atoms with van der Waals surface area (Å²) in [5, 5.41) is 9.52. The molecular weight excluding hydrogens is 508 g/mol. The van der Waals surface area contributed by atoms with Gasteiger partial charge in [-0.15, -0.1) is 0 Å². The van der Waals surface area contributed by atoms with E-state index in [-0.39, 0.29) is 19.2 Å². The zero-order chi connectivity index (χ0) is 29.9. The van der Waals surface area contributed by atoms with E-state index in [4.69, 9.17) is 9.47 Å². The van der Waals surface area contributed by atoms with Crippen LogP contribution in [0.3, 0.4) is 0 Å². The molecule has 0 saturated heterocycles. The molecule has 0 radical (unpaired) electrons. The predicted molar refractivity (Wildman–Crippen MR) is 177 cm³/mol. The number of esters is 1. The molecule has 1 unspecified atom stereocenters. The highest BCUT2D eigenvalue weighted by Gasteiger charge is 2.13. The molecule has 4 nitrogen and oxygen atoms in total. The lowest BCUT2D eigenvalue weighted by Crippen LogP contribution is -2.27. The smallest absolute Gasteiger partial charge is 0.306 e. The van der Waals surface area contributed by atoms with Crippen molar-refractivity contribution in [2.45, 2.75) is 148 Å². The van der Waals surface area contributed by atoms with Gasteiger partial charge < -0.3 is 14.6 Å². The van der Waals surface area contributed by atoms with Crippen molar-refractivity contribution in [3.63, 3.8) is 0 Å². The molecule has 0 aromatic carbocycles. The average Bonchev–Trinajstić information content (AvgIpc) is 2.98. The van der Waals surface area contributed by atoms with Crippen molar-refractivity contribution in [2.75, 3.05) is 19.8 Å². The highest BCUT2D eigenvalue weighted by molar-refractivity contribution is 5.69. The Bertz CT molecular complexity index is 689. The van der Waals surface area contributed by atoms with Crippen LogP contribution in [-0.4, -0.2) is 37.0 Å². The summed E-state index contributed by atoms with van der Waals surface area (Å²) < 4.78 is 11.0. The maximum absolute atomic E-state index is 12.1. The highest BCUT2D eigenvalue weighted by atomic mass is 16.6. The van der Waals surface area contributed by atoms with E-state index in [0.717, 1.165) is 57.8 Å². The number of hydrogen-bond donors (Lipinski definition) is 1. The van der Waals surface area contributed by atoms with Crippen LogP contribution in [0.15, 0.2) is 60.8 Å². The lowest BCUT2D eigenvalue weighted by molar-refractivity contribution is -0.154. The Morgan fingerprint density at radius 2 is 1.10 bits per heavy atom. The molecule has 236 valence electrons. The fourth-order valence-electron chi connectivity index (χ4n) is 4.32. The molecule has 0 aliphatic heterocycles. The Morgan fingerprint density at radius 1 is 0.610 bits per heavy atom. The highest BCUT2D eigenvalue weighted by Crippen LogP contribution is 2.11. The van der Waals surface area contributed by atoms with Crippen LogP contribution in [0.2, 0.25) is 0 Å². The molecular formula is C37H64O4.